The summed E-state index contributed by atoms with van der Waals surface area (Å²) >= 11 is 0. The highest BCUT2D eigenvalue weighted by Crippen LogP contribution is 2.22. The van der Waals surface area contributed by atoms with Gasteiger partial charge in [-0.15, -0.1) is 0 Å². The Bertz CT molecular complexity index is 473. The highest BCUT2D eigenvalue weighted by molar-refractivity contribution is 5.98. The Balaban J connectivity index is 1.99. The average molecular weight is 265 g/mol. The normalized spacial score (nSPS) is 25.5. The predicted octanol–water partition coefficient (Wildman–Crippen LogP) is 2.10. The highest BCUT2D eigenvalue weighted by Gasteiger charge is 2.32. The lowest BCUT2D eigenvalue weighted by Gasteiger charge is -2.21. The molecule has 0 amide bonds. The summed E-state index contributed by atoms with van der Waals surface area (Å²) in [7, 11) is 0. The van der Waals surface area contributed by atoms with Crippen LogP contribution < -0.4 is 0 Å². The molecule has 1 aliphatic heterocycles. The van der Waals surface area contributed by atoms with Gasteiger partial charge in [0.1, 0.15) is 5.82 Å². The zero-order valence-corrected chi connectivity index (χ0v) is 11.4. The van der Waals surface area contributed by atoms with E-state index in [1.807, 2.05) is 6.92 Å². The number of likely N-dealkylation sites (tertiary alicyclic amines) is 1. The van der Waals surface area contributed by atoms with Crippen LogP contribution in [0.4, 0.5) is 4.39 Å². The Morgan fingerprint density at radius 1 is 1.53 bits per heavy atom. The molecule has 1 aliphatic rings. The lowest BCUT2D eigenvalue weighted by atomic mass is 9.98. The molecule has 1 saturated heterocycles. The van der Waals surface area contributed by atoms with Gasteiger partial charge < -0.3 is 5.11 Å². The van der Waals surface area contributed by atoms with Crippen LogP contribution in [0.1, 0.15) is 30.6 Å². The molecular formula is C15H20FNO2. The SMILES string of the molecule is CC(CN1CCC(C)(O)C1)C(=O)c1ccccc1F. The summed E-state index contributed by atoms with van der Waals surface area (Å²) in [4.78, 5) is 14.2. The maximum absolute atomic E-state index is 13.6. The van der Waals surface area contributed by atoms with E-state index in [4.69, 9.17) is 0 Å². The van der Waals surface area contributed by atoms with Gasteiger partial charge in [0.25, 0.3) is 0 Å². The molecule has 0 radical (unpaired) electrons. The molecule has 1 N–H and O–H groups in total. The fourth-order valence-corrected chi connectivity index (χ4v) is 2.59. The molecule has 0 bridgehead atoms. The van der Waals surface area contributed by atoms with Crippen molar-refractivity contribution in [2.75, 3.05) is 19.6 Å². The lowest BCUT2D eigenvalue weighted by Crippen LogP contribution is -2.34. The maximum Gasteiger partial charge on any atom is 0.169 e. The molecule has 2 unspecified atom stereocenters. The van der Waals surface area contributed by atoms with E-state index in [0.717, 1.165) is 6.54 Å². The molecule has 4 heteroatoms. The average Bonchev–Trinajstić information content (AvgIpc) is 2.68. The van der Waals surface area contributed by atoms with Crippen molar-refractivity contribution in [2.45, 2.75) is 25.9 Å². The van der Waals surface area contributed by atoms with Gasteiger partial charge in [0.15, 0.2) is 5.78 Å². The number of nitrogens with zero attached hydrogens (tertiary/aromatic N) is 1. The minimum Gasteiger partial charge on any atom is -0.389 e. The van der Waals surface area contributed by atoms with Crippen molar-refractivity contribution in [3.63, 3.8) is 0 Å². The summed E-state index contributed by atoms with van der Waals surface area (Å²) < 4.78 is 13.6. The third-order valence-corrected chi connectivity index (χ3v) is 3.65. The summed E-state index contributed by atoms with van der Waals surface area (Å²) in [6, 6.07) is 6.08. The lowest BCUT2D eigenvalue weighted by molar-refractivity contribution is 0.0649. The number of hydrogen-bond acceptors (Lipinski definition) is 3. The second kappa shape index (κ2) is 5.39. The number of Topliss-reactive ketones (excluding diaryl/α,β-unsaturated/α-hetero) is 1. The van der Waals surface area contributed by atoms with Crippen LogP contribution in [-0.2, 0) is 0 Å². The molecular weight excluding hydrogens is 245 g/mol. The third kappa shape index (κ3) is 3.39. The molecule has 0 aromatic heterocycles. The van der Waals surface area contributed by atoms with Gasteiger partial charge >= 0.3 is 0 Å². The van der Waals surface area contributed by atoms with E-state index in [2.05, 4.69) is 4.90 Å². The quantitative estimate of drug-likeness (QED) is 0.848. The van der Waals surface area contributed by atoms with Gasteiger partial charge in [-0.25, -0.2) is 4.39 Å². The fraction of sp³-hybridized carbons (Fsp3) is 0.533. The summed E-state index contributed by atoms with van der Waals surface area (Å²) in [6.07, 6.45) is 0.716. The van der Waals surface area contributed by atoms with Crippen LogP contribution >= 0.6 is 0 Å². The van der Waals surface area contributed by atoms with Gasteiger partial charge in [0.2, 0.25) is 0 Å². The van der Waals surface area contributed by atoms with Gasteiger partial charge in [-0.1, -0.05) is 19.1 Å². The zero-order valence-electron chi connectivity index (χ0n) is 11.4. The molecule has 0 spiro atoms. The molecule has 1 aromatic rings. The van der Waals surface area contributed by atoms with Crippen molar-refractivity contribution >= 4 is 5.78 Å². The number of aliphatic hydroxyl groups is 1. The zero-order chi connectivity index (χ0) is 14.0. The monoisotopic (exact) mass is 265 g/mol. The number of halogens is 1. The van der Waals surface area contributed by atoms with E-state index in [-0.39, 0.29) is 17.3 Å². The number of rotatable bonds is 4. The summed E-state index contributed by atoms with van der Waals surface area (Å²) in [5, 5.41) is 9.89. The van der Waals surface area contributed by atoms with E-state index in [9.17, 15) is 14.3 Å². The van der Waals surface area contributed by atoms with Crippen LogP contribution in [0.5, 0.6) is 0 Å². The fourth-order valence-electron chi connectivity index (χ4n) is 2.59. The largest absolute Gasteiger partial charge is 0.389 e. The summed E-state index contributed by atoms with van der Waals surface area (Å²) in [6.45, 7) is 5.52. The van der Waals surface area contributed by atoms with Gasteiger partial charge in [0, 0.05) is 25.6 Å². The number of benzene rings is 1. The van der Waals surface area contributed by atoms with Crippen molar-refractivity contribution in [1.29, 1.82) is 0 Å². The first kappa shape index (κ1) is 14.2. The van der Waals surface area contributed by atoms with Crippen molar-refractivity contribution in [3.05, 3.63) is 35.6 Å². The Hall–Kier alpha value is -1.26. The van der Waals surface area contributed by atoms with Gasteiger partial charge in [0.05, 0.1) is 11.2 Å². The molecule has 2 atom stereocenters. The maximum atomic E-state index is 13.6. The van der Waals surface area contributed by atoms with Crippen molar-refractivity contribution in [3.8, 4) is 0 Å². The van der Waals surface area contributed by atoms with E-state index < -0.39 is 11.4 Å². The number of carbonyl (C=O) groups is 1. The smallest absolute Gasteiger partial charge is 0.169 e. The summed E-state index contributed by atoms with van der Waals surface area (Å²) in [5.41, 5.74) is -0.512. The van der Waals surface area contributed by atoms with Crippen molar-refractivity contribution < 1.29 is 14.3 Å². The molecule has 1 heterocycles. The van der Waals surface area contributed by atoms with Crippen LogP contribution in [0.25, 0.3) is 0 Å². The number of hydrogen-bond donors (Lipinski definition) is 1. The predicted molar refractivity (Wildman–Crippen MR) is 71.6 cm³/mol. The Kier molecular flexibility index (Phi) is 4.02. The molecule has 0 saturated carbocycles. The second-order valence-electron chi connectivity index (χ2n) is 5.73. The minimum absolute atomic E-state index is 0.154. The molecule has 3 nitrogen and oxygen atoms in total. The molecule has 2 rings (SSSR count). The topological polar surface area (TPSA) is 40.5 Å². The molecule has 1 aromatic carbocycles. The first-order valence-electron chi connectivity index (χ1n) is 6.62. The van der Waals surface area contributed by atoms with E-state index >= 15 is 0 Å². The van der Waals surface area contributed by atoms with Crippen LogP contribution in [-0.4, -0.2) is 41.0 Å². The molecule has 104 valence electrons. The molecule has 0 aliphatic carbocycles. The van der Waals surface area contributed by atoms with Gasteiger partial charge in [-0.2, -0.15) is 0 Å². The van der Waals surface area contributed by atoms with Crippen LogP contribution in [0, 0.1) is 11.7 Å². The van der Waals surface area contributed by atoms with Gasteiger partial charge in [-0.3, -0.25) is 9.69 Å². The van der Waals surface area contributed by atoms with Crippen molar-refractivity contribution in [2.24, 2.45) is 5.92 Å². The first-order valence-corrected chi connectivity index (χ1v) is 6.62. The van der Waals surface area contributed by atoms with Crippen molar-refractivity contribution in [1.82, 2.24) is 4.90 Å². The standard InChI is InChI=1S/C15H20FNO2/c1-11(9-17-8-7-15(2,19)10-17)14(18)12-5-3-4-6-13(12)16/h3-6,11,19H,7-10H2,1-2H3. The Labute approximate surface area is 113 Å². The third-order valence-electron chi connectivity index (χ3n) is 3.65. The van der Waals surface area contributed by atoms with E-state index in [1.54, 1.807) is 19.1 Å². The summed E-state index contributed by atoms with van der Waals surface area (Å²) in [5.74, 6) is -0.914. The van der Waals surface area contributed by atoms with Crippen LogP contribution in [0.3, 0.4) is 0 Å². The Morgan fingerprint density at radius 2 is 2.21 bits per heavy atom. The number of β-amino-alcohol motifs (C(OH)–C–C–N with tert-alkyl or cyclic N) is 1. The number of carbonyl (C=O) groups excluding carboxylic acids is 1. The van der Waals surface area contributed by atoms with Crippen LogP contribution in [0.2, 0.25) is 0 Å². The first-order chi connectivity index (χ1) is 8.89. The van der Waals surface area contributed by atoms with Crippen LogP contribution in [0.15, 0.2) is 24.3 Å². The molecule has 1 fully saturated rings. The van der Waals surface area contributed by atoms with E-state index in [0.29, 0.717) is 19.5 Å². The molecule has 19 heavy (non-hydrogen) atoms. The second-order valence-corrected chi connectivity index (χ2v) is 5.73. The highest BCUT2D eigenvalue weighted by atomic mass is 19.1. The van der Waals surface area contributed by atoms with Gasteiger partial charge in [-0.05, 0) is 25.5 Å². The minimum atomic E-state index is -0.666. The number of ketones is 1. The van der Waals surface area contributed by atoms with E-state index in [1.165, 1.54) is 12.1 Å². The Morgan fingerprint density at radius 3 is 2.79 bits per heavy atom.